The zero-order valence-electron chi connectivity index (χ0n) is 12.5. The number of nitrogens with two attached hydrogens (primary N) is 1. The third-order valence-corrected chi connectivity index (χ3v) is 4.86. The Labute approximate surface area is 112 Å². The van der Waals surface area contributed by atoms with E-state index in [0.717, 1.165) is 32.1 Å². The molecule has 0 bridgehead atoms. The van der Waals surface area contributed by atoms with Crippen molar-refractivity contribution in [1.29, 1.82) is 0 Å². The summed E-state index contributed by atoms with van der Waals surface area (Å²) in [5, 5.41) is 3.22. The fourth-order valence-electron chi connectivity index (χ4n) is 2.77. The van der Waals surface area contributed by atoms with Gasteiger partial charge in [0, 0.05) is 17.5 Å². The molecule has 0 heterocycles. The lowest BCUT2D eigenvalue weighted by atomic mass is 9.78. The topological polar surface area (TPSA) is 55.1 Å². The van der Waals surface area contributed by atoms with Crippen LogP contribution in [0.2, 0.25) is 0 Å². The van der Waals surface area contributed by atoms with Crippen molar-refractivity contribution in [2.75, 3.05) is 0 Å². The minimum atomic E-state index is -0.0534. The Balaban J connectivity index is 2.55. The molecule has 0 aromatic heterocycles. The summed E-state index contributed by atoms with van der Waals surface area (Å²) >= 11 is 0. The first kappa shape index (κ1) is 15.5. The first-order valence-electron chi connectivity index (χ1n) is 7.49. The highest BCUT2D eigenvalue weighted by atomic mass is 16.2. The van der Waals surface area contributed by atoms with Crippen molar-refractivity contribution in [2.45, 2.75) is 77.8 Å². The van der Waals surface area contributed by atoms with Crippen LogP contribution in [0.4, 0.5) is 0 Å². The maximum absolute atomic E-state index is 12.3. The molecule has 1 amide bonds. The van der Waals surface area contributed by atoms with Crippen LogP contribution in [-0.4, -0.2) is 17.5 Å². The maximum Gasteiger partial charge on any atom is 0.223 e. The second-order valence-corrected chi connectivity index (χ2v) is 6.23. The van der Waals surface area contributed by atoms with Crippen molar-refractivity contribution in [2.24, 2.45) is 17.6 Å². The highest BCUT2D eigenvalue weighted by Gasteiger charge is 2.31. The van der Waals surface area contributed by atoms with Gasteiger partial charge in [0.15, 0.2) is 0 Å². The number of hydrogen-bond acceptors (Lipinski definition) is 2. The van der Waals surface area contributed by atoms with Gasteiger partial charge in [-0.2, -0.15) is 0 Å². The summed E-state index contributed by atoms with van der Waals surface area (Å²) in [4.78, 5) is 12.3. The summed E-state index contributed by atoms with van der Waals surface area (Å²) in [5.41, 5.74) is 5.96. The van der Waals surface area contributed by atoms with Gasteiger partial charge in [0.05, 0.1) is 0 Å². The number of nitrogens with one attached hydrogen (secondary N) is 1. The van der Waals surface area contributed by atoms with Crippen LogP contribution in [0, 0.1) is 11.8 Å². The van der Waals surface area contributed by atoms with Gasteiger partial charge < -0.3 is 11.1 Å². The maximum atomic E-state index is 12.3. The van der Waals surface area contributed by atoms with Gasteiger partial charge in [0.2, 0.25) is 5.91 Å². The monoisotopic (exact) mass is 254 g/mol. The molecule has 0 radical (unpaired) electrons. The van der Waals surface area contributed by atoms with Gasteiger partial charge in [0.1, 0.15) is 0 Å². The lowest BCUT2D eigenvalue weighted by Gasteiger charge is -2.34. The molecule has 1 rings (SSSR count). The Bertz CT molecular complexity index is 274. The molecule has 0 aliphatic heterocycles. The van der Waals surface area contributed by atoms with Crippen molar-refractivity contribution < 1.29 is 4.79 Å². The Kier molecular flexibility index (Phi) is 5.64. The molecule has 3 heteroatoms. The Hall–Kier alpha value is -0.570. The molecule has 3 atom stereocenters. The van der Waals surface area contributed by atoms with Crippen LogP contribution in [0.1, 0.15) is 66.2 Å². The molecule has 1 aliphatic carbocycles. The Morgan fingerprint density at radius 1 is 1.39 bits per heavy atom. The summed E-state index contributed by atoms with van der Waals surface area (Å²) in [6, 6.07) is 0.294. The van der Waals surface area contributed by atoms with Crippen molar-refractivity contribution in [1.82, 2.24) is 5.32 Å². The summed E-state index contributed by atoms with van der Waals surface area (Å²) in [6.07, 6.45) is 6.40. The Morgan fingerprint density at radius 2 is 2.00 bits per heavy atom. The lowest BCUT2D eigenvalue weighted by molar-refractivity contribution is -0.128. The number of rotatable bonds is 5. The average molecular weight is 254 g/mol. The lowest BCUT2D eigenvalue weighted by Crippen LogP contribution is -2.48. The van der Waals surface area contributed by atoms with Crippen molar-refractivity contribution in [3.8, 4) is 0 Å². The zero-order chi connectivity index (χ0) is 13.8. The third kappa shape index (κ3) is 3.98. The fraction of sp³-hybridized carbons (Fsp3) is 0.933. The van der Waals surface area contributed by atoms with Crippen LogP contribution >= 0.6 is 0 Å². The minimum absolute atomic E-state index is 0.0534. The molecule has 1 saturated carbocycles. The van der Waals surface area contributed by atoms with Gasteiger partial charge in [-0.15, -0.1) is 0 Å². The molecule has 3 N–H and O–H groups in total. The summed E-state index contributed by atoms with van der Waals surface area (Å²) in [5.74, 6) is 0.765. The van der Waals surface area contributed by atoms with E-state index in [0.29, 0.717) is 12.0 Å². The second-order valence-electron chi connectivity index (χ2n) is 6.23. The minimum Gasteiger partial charge on any atom is -0.351 e. The molecule has 0 aromatic carbocycles. The van der Waals surface area contributed by atoms with Gasteiger partial charge in [0.25, 0.3) is 0 Å². The van der Waals surface area contributed by atoms with Gasteiger partial charge in [-0.25, -0.2) is 0 Å². The molecule has 0 aromatic rings. The largest absolute Gasteiger partial charge is 0.351 e. The Morgan fingerprint density at radius 3 is 2.50 bits per heavy atom. The highest BCUT2D eigenvalue weighted by molar-refractivity contribution is 5.79. The van der Waals surface area contributed by atoms with E-state index in [4.69, 9.17) is 5.73 Å². The molecule has 0 saturated heterocycles. The summed E-state index contributed by atoms with van der Waals surface area (Å²) in [7, 11) is 0. The van der Waals surface area contributed by atoms with Crippen molar-refractivity contribution >= 4 is 5.91 Å². The first-order valence-corrected chi connectivity index (χ1v) is 7.49. The standard InChI is InChI=1S/C15H30N2O/c1-5-15(4,6-2)17-14(18)11(3)12-8-7-9-13(16)10-12/h11-13H,5-10,16H2,1-4H3,(H,17,18). The van der Waals surface area contributed by atoms with E-state index in [1.54, 1.807) is 0 Å². The van der Waals surface area contributed by atoms with Gasteiger partial charge in [-0.05, 0) is 44.9 Å². The molecule has 3 nitrogen and oxygen atoms in total. The van der Waals surface area contributed by atoms with Crippen LogP contribution in [0.25, 0.3) is 0 Å². The van der Waals surface area contributed by atoms with E-state index < -0.39 is 0 Å². The van der Waals surface area contributed by atoms with E-state index in [-0.39, 0.29) is 17.4 Å². The van der Waals surface area contributed by atoms with Crippen LogP contribution in [0.15, 0.2) is 0 Å². The van der Waals surface area contributed by atoms with Crippen LogP contribution < -0.4 is 11.1 Å². The SMILES string of the molecule is CCC(C)(CC)NC(=O)C(C)C1CCCC(N)C1. The fourth-order valence-corrected chi connectivity index (χ4v) is 2.77. The molecule has 0 spiro atoms. The number of hydrogen-bond donors (Lipinski definition) is 2. The summed E-state index contributed by atoms with van der Waals surface area (Å²) in [6.45, 7) is 8.45. The van der Waals surface area contributed by atoms with Gasteiger partial charge in [-0.3, -0.25) is 4.79 Å². The molecule has 1 fully saturated rings. The molecular weight excluding hydrogens is 224 g/mol. The van der Waals surface area contributed by atoms with E-state index in [2.05, 4.69) is 33.0 Å². The third-order valence-electron chi connectivity index (χ3n) is 4.86. The molecular formula is C15H30N2O. The van der Waals surface area contributed by atoms with Crippen molar-refractivity contribution in [3.63, 3.8) is 0 Å². The van der Waals surface area contributed by atoms with E-state index in [9.17, 15) is 4.79 Å². The summed E-state index contributed by atoms with van der Waals surface area (Å²) < 4.78 is 0. The van der Waals surface area contributed by atoms with Crippen LogP contribution in [0.5, 0.6) is 0 Å². The highest BCUT2D eigenvalue weighted by Crippen LogP contribution is 2.30. The van der Waals surface area contributed by atoms with E-state index >= 15 is 0 Å². The average Bonchev–Trinajstić information content (AvgIpc) is 2.37. The van der Waals surface area contributed by atoms with Gasteiger partial charge >= 0.3 is 0 Å². The molecule has 3 unspecified atom stereocenters. The van der Waals surface area contributed by atoms with Crippen molar-refractivity contribution in [3.05, 3.63) is 0 Å². The second kappa shape index (κ2) is 6.55. The predicted octanol–water partition coefficient (Wildman–Crippen LogP) is 2.83. The van der Waals surface area contributed by atoms with Crippen LogP contribution in [-0.2, 0) is 4.79 Å². The molecule has 1 aliphatic rings. The molecule has 106 valence electrons. The number of amides is 1. The number of carbonyl (C=O) groups is 1. The van der Waals surface area contributed by atoms with E-state index in [1.165, 1.54) is 6.42 Å². The zero-order valence-corrected chi connectivity index (χ0v) is 12.5. The first-order chi connectivity index (χ1) is 8.41. The smallest absolute Gasteiger partial charge is 0.223 e. The van der Waals surface area contributed by atoms with Crippen LogP contribution in [0.3, 0.4) is 0 Å². The molecule has 18 heavy (non-hydrogen) atoms. The normalized spacial score (nSPS) is 26.7. The number of carbonyl (C=O) groups excluding carboxylic acids is 1. The predicted molar refractivity (Wildman–Crippen MR) is 76.2 cm³/mol. The quantitative estimate of drug-likeness (QED) is 0.792. The van der Waals surface area contributed by atoms with Gasteiger partial charge in [-0.1, -0.05) is 27.2 Å². The van der Waals surface area contributed by atoms with E-state index in [1.807, 2.05) is 0 Å².